The van der Waals surface area contributed by atoms with Crippen LogP contribution < -0.4 is 0 Å². The van der Waals surface area contributed by atoms with Crippen molar-refractivity contribution in [2.24, 2.45) is 0 Å². The average molecular weight is 259 g/mol. The molecule has 2 amide bonds. The zero-order valence-corrected chi connectivity index (χ0v) is 10.6. The number of carboxylic acid groups (broad SMARTS) is 1. The highest BCUT2D eigenvalue weighted by Crippen LogP contribution is 2.19. The number of carbonyl (C=O) groups is 3. The van der Waals surface area contributed by atoms with E-state index in [4.69, 9.17) is 5.11 Å². The largest absolute Gasteiger partial charge is 0.478 e. The first-order valence-corrected chi connectivity index (χ1v) is 5.77. The Morgan fingerprint density at radius 2 is 1.58 bits per heavy atom. The summed E-state index contributed by atoms with van der Waals surface area (Å²) in [7, 11) is 0. The Kier molecular flexibility index (Phi) is 3.21. The van der Waals surface area contributed by atoms with Crippen molar-refractivity contribution in [3.8, 4) is 0 Å². The van der Waals surface area contributed by atoms with E-state index in [9.17, 15) is 14.4 Å². The number of hydrogen-bond donors (Lipinski definition) is 1. The summed E-state index contributed by atoms with van der Waals surface area (Å²) in [5.74, 6) is -1.67. The molecule has 0 unspecified atom stereocenters. The first-order chi connectivity index (χ1) is 8.90. The number of nitrogens with zero attached hydrogens (tertiary/aromatic N) is 1. The smallest absolute Gasteiger partial charge is 0.336 e. The molecule has 5 heteroatoms. The van der Waals surface area contributed by atoms with Gasteiger partial charge in [0, 0.05) is 12.2 Å². The van der Waals surface area contributed by atoms with Gasteiger partial charge in [0.05, 0.1) is 12.1 Å². The Balaban J connectivity index is 2.30. The summed E-state index contributed by atoms with van der Waals surface area (Å²) in [4.78, 5) is 35.1. The van der Waals surface area contributed by atoms with E-state index in [0.29, 0.717) is 11.1 Å². The van der Waals surface area contributed by atoms with Crippen molar-refractivity contribution in [2.45, 2.75) is 20.4 Å². The Morgan fingerprint density at radius 3 is 2.00 bits per heavy atom. The minimum atomic E-state index is -0.975. The molecule has 0 bridgehead atoms. The lowest BCUT2D eigenvalue weighted by molar-refractivity contribution is -0.137. The third kappa shape index (κ3) is 2.40. The fourth-order valence-electron chi connectivity index (χ4n) is 2.25. The van der Waals surface area contributed by atoms with Crippen molar-refractivity contribution < 1.29 is 19.5 Å². The molecule has 0 fully saturated rings. The number of imide groups is 1. The fourth-order valence-corrected chi connectivity index (χ4v) is 2.25. The van der Waals surface area contributed by atoms with Gasteiger partial charge < -0.3 is 5.11 Å². The summed E-state index contributed by atoms with van der Waals surface area (Å²) in [6.45, 7) is 3.56. The van der Waals surface area contributed by atoms with E-state index < -0.39 is 5.97 Å². The van der Waals surface area contributed by atoms with Crippen LogP contribution in [0.3, 0.4) is 0 Å². The van der Waals surface area contributed by atoms with Crippen LogP contribution in [-0.4, -0.2) is 27.8 Å². The summed E-state index contributed by atoms with van der Waals surface area (Å²) < 4.78 is 0. The van der Waals surface area contributed by atoms with Crippen molar-refractivity contribution in [1.29, 1.82) is 0 Å². The second-order valence-electron chi connectivity index (χ2n) is 4.51. The molecule has 1 heterocycles. The SMILES string of the molecule is Cc1cc(CN2C(=O)C=CC2=O)cc(C)c1C(=O)O. The number of aryl methyl sites for hydroxylation is 2. The number of benzene rings is 1. The van der Waals surface area contributed by atoms with E-state index in [2.05, 4.69) is 0 Å². The number of aromatic carboxylic acids is 1. The molecule has 2 rings (SSSR count). The number of amides is 2. The molecule has 1 aromatic carbocycles. The number of carbonyl (C=O) groups excluding carboxylic acids is 2. The molecule has 0 saturated carbocycles. The molecule has 5 nitrogen and oxygen atoms in total. The first kappa shape index (κ1) is 13.0. The normalized spacial score (nSPS) is 14.3. The Morgan fingerprint density at radius 1 is 1.11 bits per heavy atom. The maximum atomic E-state index is 11.5. The Hall–Kier alpha value is -2.43. The zero-order chi connectivity index (χ0) is 14.2. The van der Waals surface area contributed by atoms with Crippen LogP contribution in [-0.2, 0) is 16.1 Å². The molecule has 0 aliphatic carbocycles. The van der Waals surface area contributed by atoms with Crippen LogP contribution in [0.15, 0.2) is 24.3 Å². The van der Waals surface area contributed by atoms with Gasteiger partial charge in [0.2, 0.25) is 0 Å². The van der Waals surface area contributed by atoms with Crippen LogP contribution in [0.4, 0.5) is 0 Å². The van der Waals surface area contributed by atoms with Crippen LogP contribution >= 0.6 is 0 Å². The lowest BCUT2D eigenvalue weighted by Gasteiger charge is -2.15. The van der Waals surface area contributed by atoms with Gasteiger partial charge in [0.1, 0.15) is 0 Å². The Bertz CT molecular complexity index is 575. The van der Waals surface area contributed by atoms with Gasteiger partial charge in [0.15, 0.2) is 0 Å². The topological polar surface area (TPSA) is 74.7 Å². The van der Waals surface area contributed by atoms with Crippen LogP contribution in [0.2, 0.25) is 0 Å². The van der Waals surface area contributed by atoms with Crippen LogP contribution in [0.5, 0.6) is 0 Å². The second-order valence-corrected chi connectivity index (χ2v) is 4.51. The molecule has 98 valence electrons. The molecule has 0 radical (unpaired) electrons. The monoisotopic (exact) mass is 259 g/mol. The highest BCUT2D eigenvalue weighted by Gasteiger charge is 2.24. The molecule has 19 heavy (non-hydrogen) atoms. The van der Waals surface area contributed by atoms with Gasteiger partial charge in [-0.1, -0.05) is 12.1 Å². The number of rotatable bonds is 3. The minimum Gasteiger partial charge on any atom is -0.478 e. The third-order valence-corrected chi connectivity index (χ3v) is 3.05. The van der Waals surface area contributed by atoms with Gasteiger partial charge in [-0.25, -0.2) is 4.79 Å². The molecule has 0 atom stereocenters. The molecule has 1 aromatic rings. The third-order valence-electron chi connectivity index (χ3n) is 3.05. The van der Waals surface area contributed by atoms with Crippen molar-refractivity contribution in [3.05, 3.63) is 46.5 Å². The fraction of sp³-hybridized carbons (Fsp3) is 0.214. The molecule has 0 aromatic heterocycles. The van der Waals surface area contributed by atoms with Gasteiger partial charge in [-0.3, -0.25) is 14.5 Å². The lowest BCUT2D eigenvalue weighted by atomic mass is 9.99. The molecule has 1 N–H and O–H groups in total. The molecular weight excluding hydrogens is 246 g/mol. The van der Waals surface area contributed by atoms with E-state index in [1.165, 1.54) is 12.2 Å². The average Bonchev–Trinajstić information content (AvgIpc) is 2.59. The molecular formula is C14H13NO4. The summed E-state index contributed by atoms with van der Waals surface area (Å²) in [5, 5.41) is 9.08. The standard InChI is InChI=1S/C14H13NO4/c1-8-5-10(6-9(2)13(8)14(18)19)7-15-11(16)3-4-12(15)17/h3-6H,7H2,1-2H3,(H,18,19). The summed E-state index contributed by atoms with van der Waals surface area (Å²) >= 11 is 0. The zero-order valence-electron chi connectivity index (χ0n) is 10.6. The summed E-state index contributed by atoms with van der Waals surface area (Å²) in [6.07, 6.45) is 2.46. The van der Waals surface area contributed by atoms with Gasteiger partial charge in [-0.2, -0.15) is 0 Å². The minimum absolute atomic E-state index is 0.159. The molecule has 0 spiro atoms. The molecule has 1 aliphatic rings. The van der Waals surface area contributed by atoms with E-state index in [0.717, 1.165) is 10.5 Å². The second kappa shape index (κ2) is 4.68. The van der Waals surface area contributed by atoms with Gasteiger partial charge in [-0.05, 0) is 30.5 Å². The maximum Gasteiger partial charge on any atom is 0.336 e. The van der Waals surface area contributed by atoms with E-state index >= 15 is 0 Å². The van der Waals surface area contributed by atoms with E-state index in [1.807, 2.05) is 0 Å². The highest BCUT2D eigenvalue weighted by atomic mass is 16.4. The van der Waals surface area contributed by atoms with Crippen LogP contribution in [0, 0.1) is 13.8 Å². The predicted molar refractivity (Wildman–Crippen MR) is 67.6 cm³/mol. The predicted octanol–water partition coefficient (Wildman–Crippen LogP) is 1.43. The number of hydrogen-bond acceptors (Lipinski definition) is 3. The van der Waals surface area contributed by atoms with Crippen molar-refractivity contribution >= 4 is 17.8 Å². The van der Waals surface area contributed by atoms with E-state index in [-0.39, 0.29) is 23.9 Å². The summed E-state index contributed by atoms with van der Waals surface area (Å²) in [6, 6.07) is 3.38. The maximum absolute atomic E-state index is 11.5. The lowest BCUT2D eigenvalue weighted by Crippen LogP contribution is -2.29. The van der Waals surface area contributed by atoms with Crippen LogP contribution in [0.1, 0.15) is 27.0 Å². The van der Waals surface area contributed by atoms with Gasteiger partial charge in [-0.15, -0.1) is 0 Å². The van der Waals surface area contributed by atoms with Crippen molar-refractivity contribution in [2.75, 3.05) is 0 Å². The van der Waals surface area contributed by atoms with Crippen molar-refractivity contribution in [1.82, 2.24) is 4.90 Å². The summed E-state index contributed by atoms with van der Waals surface area (Å²) in [5.41, 5.74) is 2.25. The van der Waals surface area contributed by atoms with Crippen molar-refractivity contribution in [3.63, 3.8) is 0 Å². The quantitative estimate of drug-likeness (QED) is 0.833. The Labute approximate surface area is 110 Å². The van der Waals surface area contributed by atoms with Crippen LogP contribution in [0.25, 0.3) is 0 Å². The van der Waals surface area contributed by atoms with Gasteiger partial charge in [0.25, 0.3) is 11.8 Å². The molecule has 0 saturated heterocycles. The molecule has 1 aliphatic heterocycles. The number of carboxylic acids is 1. The van der Waals surface area contributed by atoms with Gasteiger partial charge >= 0.3 is 5.97 Å². The first-order valence-electron chi connectivity index (χ1n) is 5.77. The van der Waals surface area contributed by atoms with E-state index in [1.54, 1.807) is 26.0 Å². The highest BCUT2D eigenvalue weighted by molar-refractivity contribution is 6.12.